The Morgan fingerprint density at radius 1 is 1.20 bits per heavy atom. The second kappa shape index (κ2) is 8.39. The summed E-state index contributed by atoms with van der Waals surface area (Å²) in [7, 11) is 1.53. The number of ether oxygens (including phenoxy) is 2. The number of hydrogen-bond acceptors (Lipinski definition) is 5. The molecular formula is C17H19FN2O5. The predicted octanol–water partition coefficient (Wildman–Crippen LogP) is 1.35. The van der Waals surface area contributed by atoms with E-state index in [0.717, 1.165) is 16.7 Å². The third-order valence-electron chi connectivity index (χ3n) is 3.48. The molecular weight excluding hydrogens is 331 g/mol. The zero-order valence-electron chi connectivity index (χ0n) is 14.0. The van der Waals surface area contributed by atoms with Crippen molar-refractivity contribution >= 4 is 5.97 Å². The van der Waals surface area contributed by atoms with Crippen molar-refractivity contribution in [2.24, 2.45) is 0 Å². The van der Waals surface area contributed by atoms with Crippen LogP contribution in [0.25, 0.3) is 5.69 Å². The summed E-state index contributed by atoms with van der Waals surface area (Å²) in [6.45, 7) is 2.38. The van der Waals surface area contributed by atoms with E-state index >= 15 is 0 Å². The number of aromatic nitrogens is 2. The van der Waals surface area contributed by atoms with Crippen LogP contribution in [0.2, 0.25) is 0 Å². The van der Waals surface area contributed by atoms with Gasteiger partial charge in [-0.15, -0.1) is 0 Å². The van der Waals surface area contributed by atoms with Gasteiger partial charge >= 0.3 is 11.7 Å². The summed E-state index contributed by atoms with van der Waals surface area (Å²) < 4.78 is 25.1. The number of methoxy groups -OCH3 is 1. The van der Waals surface area contributed by atoms with Crippen LogP contribution in [-0.4, -0.2) is 35.4 Å². The summed E-state index contributed by atoms with van der Waals surface area (Å²) in [4.78, 5) is 37.3. The Bertz CT molecular complexity index is 855. The topological polar surface area (TPSA) is 79.5 Å². The molecule has 8 heteroatoms. The van der Waals surface area contributed by atoms with Gasteiger partial charge in [0.25, 0.3) is 5.56 Å². The van der Waals surface area contributed by atoms with Gasteiger partial charge in [0.05, 0.1) is 12.3 Å². The van der Waals surface area contributed by atoms with E-state index in [-0.39, 0.29) is 24.4 Å². The Balaban J connectivity index is 2.62. The summed E-state index contributed by atoms with van der Waals surface area (Å²) in [5.41, 5.74) is -1.52. The van der Waals surface area contributed by atoms with Gasteiger partial charge in [-0.25, -0.2) is 18.5 Å². The highest BCUT2D eigenvalue weighted by Crippen LogP contribution is 2.06. The van der Waals surface area contributed by atoms with Crippen LogP contribution in [0.5, 0.6) is 0 Å². The van der Waals surface area contributed by atoms with Crippen LogP contribution in [0.1, 0.15) is 23.7 Å². The molecule has 1 aromatic heterocycles. The van der Waals surface area contributed by atoms with Gasteiger partial charge in [0.1, 0.15) is 11.4 Å². The average Bonchev–Trinajstić information content (AvgIpc) is 2.59. The normalized spacial score (nSPS) is 10.7. The molecule has 2 rings (SSSR count). The largest absolute Gasteiger partial charge is 0.462 e. The fourth-order valence-corrected chi connectivity index (χ4v) is 2.31. The van der Waals surface area contributed by atoms with Gasteiger partial charge in [0.15, 0.2) is 0 Å². The number of benzene rings is 1. The van der Waals surface area contributed by atoms with E-state index in [4.69, 9.17) is 9.47 Å². The van der Waals surface area contributed by atoms with Gasteiger partial charge in [-0.3, -0.25) is 9.36 Å². The molecule has 0 saturated heterocycles. The first-order valence-electron chi connectivity index (χ1n) is 7.78. The van der Waals surface area contributed by atoms with Crippen molar-refractivity contribution < 1.29 is 18.7 Å². The number of carbonyl (C=O) groups excluding carboxylic acids is 1. The zero-order valence-corrected chi connectivity index (χ0v) is 14.0. The molecule has 0 spiro atoms. The highest BCUT2D eigenvalue weighted by Gasteiger charge is 2.19. The van der Waals surface area contributed by atoms with E-state index in [1.807, 2.05) is 0 Å². The van der Waals surface area contributed by atoms with Gasteiger partial charge in [-0.2, -0.15) is 0 Å². The van der Waals surface area contributed by atoms with Crippen molar-refractivity contribution in [3.63, 3.8) is 0 Å². The Kier molecular flexibility index (Phi) is 6.24. The quantitative estimate of drug-likeness (QED) is 0.556. The molecule has 0 bridgehead atoms. The minimum Gasteiger partial charge on any atom is -0.462 e. The Hall–Kier alpha value is -2.74. The molecule has 0 radical (unpaired) electrons. The molecule has 0 N–H and O–H groups in total. The molecule has 0 unspecified atom stereocenters. The standard InChI is InChI=1S/C17H19FN2O5/c1-3-25-16(22)14-11-19(9-4-10-24-2)17(23)20(15(14)21)13-7-5-12(18)6-8-13/h5-8,11H,3-4,9-10H2,1-2H3. The number of halogens is 1. The molecule has 1 heterocycles. The van der Waals surface area contributed by atoms with E-state index in [0.29, 0.717) is 13.0 Å². The fraction of sp³-hybridized carbons (Fsp3) is 0.353. The summed E-state index contributed by atoms with van der Waals surface area (Å²) in [5, 5.41) is 0. The molecule has 134 valence electrons. The van der Waals surface area contributed by atoms with Gasteiger partial charge in [-0.05, 0) is 37.6 Å². The minimum absolute atomic E-state index is 0.0949. The van der Waals surface area contributed by atoms with E-state index < -0.39 is 23.0 Å². The van der Waals surface area contributed by atoms with Crippen LogP contribution in [0.4, 0.5) is 4.39 Å². The lowest BCUT2D eigenvalue weighted by Crippen LogP contribution is -2.41. The first-order chi connectivity index (χ1) is 12.0. The molecule has 0 amide bonds. The van der Waals surface area contributed by atoms with E-state index in [2.05, 4.69) is 0 Å². The molecule has 25 heavy (non-hydrogen) atoms. The van der Waals surface area contributed by atoms with E-state index in [9.17, 15) is 18.8 Å². The van der Waals surface area contributed by atoms with E-state index in [1.54, 1.807) is 6.92 Å². The molecule has 0 aliphatic carbocycles. The highest BCUT2D eigenvalue weighted by atomic mass is 19.1. The van der Waals surface area contributed by atoms with Crippen molar-refractivity contribution in [3.8, 4) is 5.69 Å². The number of carbonyl (C=O) groups is 1. The van der Waals surface area contributed by atoms with Crippen LogP contribution in [0, 0.1) is 5.82 Å². The smallest absolute Gasteiger partial charge is 0.345 e. The van der Waals surface area contributed by atoms with Crippen LogP contribution in [0.15, 0.2) is 40.1 Å². The minimum atomic E-state index is -0.816. The van der Waals surface area contributed by atoms with Gasteiger partial charge in [0.2, 0.25) is 0 Å². The number of nitrogens with zero attached hydrogens (tertiary/aromatic N) is 2. The summed E-state index contributed by atoms with van der Waals surface area (Å²) in [6.07, 6.45) is 1.71. The van der Waals surface area contributed by atoms with E-state index in [1.165, 1.54) is 30.0 Å². The van der Waals surface area contributed by atoms with Crippen LogP contribution in [-0.2, 0) is 16.0 Å². The summed E-state index contributed by atoms with van der Waals surface area (Å²) >= 11 is 0. The summed E-state index contributed by atoms with van der Waals surface area (Å²) in [6, 6.07) is 4.86. The SMILES string of the molecule is CCOC(=O)c1cn(CCCOC)c(=O)n(-c2ccc(F)cc2)c1=O. The molecule has 0 aliphatic heterocycles. The van der Waals surface area contributed by atoms with Crippen molar-refractivity contribution in [2.75, 3.05) is 20.3 Å². The Morgan fingerprint density at radius 2 is 1.88 bits per heavy atom. The summed E-state index contributed by atoms with van der Waals surface area (Å²) in [5.74, 6) is -1.32. The van der Waals surface area contributed by atoms with Gasteiger partial charge in [-0.1, -0.05) is 0 Å². The molecule has 0 saturated carbocycles. The Morgan fingerprint density at radius 3 is 2.48 bits per heavy atom. The lowest BCUT2D eigenvalue weighted by Gasteiger charge is -2.12. The number of hydrogen-bond donors (Lipinski definition) is 0. The van der Waals surface area contributed by atoms with Crippen molar-refractivity contribution in [1.82, 2.24) is 9.13 Å². The molecule has 2 aromatic rings. The molecule has 1 aromatic carbocycles. The lowest BCUT2D eigenvalue weighted by molar-refractivity contribution is 0.0522. The van der Waals surface area contributed by atoms with Crippen molar-refractivity contribution in [3.05, 3.63) is 62.7 Å². The monoisotopic (exact) mass is 350 g/mol. The Labute approximate surface area is 143 Å². The second-order valence-corrected chi connectivity index (χ2v) is 5.20. The van der Waals surface area contributed by atoms with Crippen LogP contribution < -0.4 is 11.2 Å². The van der Waals surface area contributed by atoms with Gasteiger partial charge < -0.3 is 9.47 Å². The molecule has 0 fully saturated rings. The van der Waals surface area contributed by atoms with Gasteiger partial charge in [0, 0.05) is 26.5 Å². The van der Waals surface area contributed by atoms with Crippen molar-refractivity contribution in [2.45, 2.75) is 19.9 Å². The first-order valence-corrected chi connectivity index (χ1v) is 7.78. The maximum Gasteiger partial charge on any atom is 0.345 e. The van der Waals surface area contributed by atoms with Crippen LogP contribution >= 0.6 is 0 Å². The fourth-order valence-electron chi connectivity index (χ4n) is 2.31. The third-order valence-corrected chi connectivity index (χ3v) is 3.48. The molecule has 0 aliphatic rings. The number of aryl methyl sites for hydroxylation is 1. The maximum absolute atomic E-state index is 13.1. The first kappa shape index (κ1) is 18.6. The maximum atomic E-state index is 13.1. The second-order valence-electron chi connectivity index (χ2n) is 5.20. The predicted molar refractivity (Wildman–Crippen MR) is 88.7 cm³/mol. The third kappa shape index (κ3) is 4.21. The molecule has 0 atom stereocenters. The zero-order chi connectivity index (χ0) is 18.4. The molecule has 7 nitrogen and oxygen atoms in total. The average molecular weight is 350 g/mol. The number of rotatable bonds is 7. The lowest BCUT2D eigenvalue weighted by atomic mass is 10.2. The van der Waals surface area contributed by atoms with Crippen LogP contribution in [0.3, 0.4) is 0 Å². The highest BCUT2D eigenvalue weighted by molar-refractivity contribution is 5.88. The van der Waals surface area contributed by atoms with Crippen molar-refractivity contribution in [1.29, 1.82) is 0 Å². The number of esters is 1.